The first kappa shape index (κ1) is 18.9. The third-order valence-electron chi connectivity index (χ3n) is 4.13. The monoisotopic (exact) mass is 354 g/mol. The minimum Gasteiger partial charge on any atom is -0.385 e. The summed E-state index contributed by atoms with van der Waals surface area (Å²) < 4.78 is 31.8. The van der Waals surface area contributed by atoms with Crippen LogP contribution in [0.25, 0.3) is 0 Å². The number of nitrogens with one attached hydrogen (secondary N) is 1. The summed E-state index contributed by atoms with van der Waals surface area (Å²) in [6.07, 6.45) is 4.70. The molecule has 134 valence electrons. The Balaban J connectivity index is 2.01. The van der Waals surface area contributed by atoms with E-state index < -0.39 is 10.0 Å². The SMILES string of the molecule is COCCCNC(=O)c1ccc(S(=O)(=O)N2CCCCCC2)cc1. The molecule has 1 aliphatic rings. The van der Waals surface area contributed by atoms with E-state index >= 15 is 0 Å². The maximum Gasteiger partial charge on any atom is 0.251 e. The second-order valence-corrected chi connectivity index (χ2v) is 7.88. The van der Waals surface area contributed by atoms with Crippen molar-refractivity contribution in [3.05, 3.63) is 29.8 Å². The highest BCUT2D eigenvalue weighted by Crippen LogP contribution is 2.20. The maximum absolute atomic E-state index is 12.7. The molecule has 0 radical (unpaired) electrons. The number of ether oxygens (including phenoxy) is 1. The predicted octanol–water partition coefficient (Wildman–Crippen LogP) is 2.02. The topological polar surface area (TPSA) is 75.7 Å². The third-order valence-corrected chi connectivity index (χ3v) is 6.04. The van der Waals surface area contributed by atoms with Gasteiger partial charge in [0.25, 0.3) is 5.91 Å². The molecule has 2 rings (SSSR count). The van der Waals surface area contributed by atoms with Crippen molar-refractivity contribution in [3.8, 4) is 0 Å². The van der Waals surface area contributed by atoms with E-state index in [1.54, 1.807) is 23.5 Å². The number of hydrogen-bond acceptors (Lipinski definition) is 4. The molecule has 1 fully saturated rings. The first-order chi connectivity index (χ1) is 11.6. The number of methoxy groups -OCH3 is 1. The molecule has 6 nitrogen and oxygen atoms in total. The average Bonchev–Trinajstić information content (AvgIpc) is 2.88. The quantitative estimate of drug-likeness (QED) is 0.760. The van der Waals surface area contributed by atoms with Crippen LogP contribution >= 0.6 is 0 Å². The van der Waals surface area contributed by atoms with Crippen LogP contribution in [0.1, 0.15) is 42.5 Å². The molecule has 0 unspecified atom stereocenters. The van der Waals surface area contributed by atoms with Gasteiger partial charge in [-0.3, -0.25) is 4.79 Å². The normalized spacial score (nSPS) is 16.5. The summed E-state index contributed by atoms with van der Waals surface area (Å²) in [5.41, 5.74) is 0.460. The van der Waals surface area contributed by atoms with Crippen molar-refractivity contribution in [3.63, 3.8) is 0 Å². The number of carbonyl (C=O) groups excluding carboxylic acids is 1. The molecule has 1 aromatic rings. The van der Waals surface area contributed by atoms with Gasteiger partial charge in [-0.25, -0.2) is 8.42 Å². The van der Waals surface area contributed by atoms with Gasteiger partial charge in [-0.1, -0.05) is 12.8 Å². The van der Waals surface area contributed by atoms with Crippen LogP contribution in [0.2, 0.25) is 0 Å². The minimum atomic E-state index is -3.47. The predicted molar refractivity (Wildman–Crippen MR) is 92.5 cm³/mol. The summed E-state index contributed by atoms with van der Waals surface area (Å²) in [6.45, 7) is 2.27. The lowest BCUT2D eigenvalue weighted by atomic mass is 10.2. The van der Waals surface area contributed by atoms with Crippen LogP contribution in [0, 0.1) is 0 Å². The smallest absolute Gasteiger partial charge is 0.251 e. The van der Waals surface area contributed by atoms with E-state index in [1.165, 1.54) is 12.1 Å². The fourth-order valence-electron chi connectivity index (χ4n) is 2.73. The number of carbonyl (C=O) groups is 1. The molecule has 7 heteroatoms. The van der Waals surface area contributed by atoms with Gasteiger partial charge in [-0.2, -0.15) is 4.31 Å². The molecule has 1 N–H and O–H groups in total. The molecule has 1 aliphatic heterocycles. The van der Waals surface area contributed by atoms with Crippen molar-refractivity contribution in [2.24, 2.45) is 0 Å². The summed E-state index contributed by atoms with van der Waals surface area (Å²) >= 11 is 0. The lowest BCUT2D eigenvalue weighted by molar-refractivity contribution is 0.0948. The Labute approximate surface area is 144 Å². The van der Waals surface area contributed by atoms with Crippen LogP contribution in [0.3, 0.4) is 0 Å². The van der Waals surface area contributed by atoms with Gasteiger partial charge in [-0.15, -0.1) is 0 Å². The summed E-state index contributed by atoms with van der Waals surface area (Å²) in [7, 11) is -1.85. The summed E-state index contributed by atoms with van der Waals surface area (Å²) in [5, 5.41) is 2.78. The zero-order valence-electron chi connectivity index (χ0n) is 14.2. The lowest BCUT2D eigenvalue weighted by Crippen LogP contribution is -2.32. The van der Waals surface area contributed by atoms with Crippen LogP contribution < -0.4 is 5.32 Å². The third kappa shape index (κ3) is 5.03. The van der Waals surface area contributed by atoms with Gasteiger partial charge in [0.05, 0.1) is 4.90 Å². The molecule has 0 aromatic heterocycles. The van der Waals surface area contributed by atoms with E-state index in [1.807, 2.05) is 0 Å². The molecule has 0 atom stereocenters. The van der Waals surface area contributed by atoms with E-state index in [2.05, 4.69) is 5.32 Å². The van der Waals surface area contributed by atoms with Crippen molar-refractivity contribution in [1.82, 2.24) is 9.62 Å². The van der Waals surface area contributed by atoms with E-state index in [-0.39, 0.29) is 10.8 Å². The Bertz CT molecular complexity index is 620. The van der Waals surface area contributed by atoms with E-state index in [9.17, 15) is 13.2 Å². The largest absolute Gasteiger partial charge is 0.385 e. The molecule has 0 saturated carbocycles. The Morgan fingerprint density at radius 2 is 1.75 bits per heavy atom. The Morgan fingerprint density at radius 3 is 2.33 bits per heavy atom. The van der Waals surface area contributed by atoms with Crippen molar-refractivity contribution in [2.45, 2.75) is 37.0 Å². The standard InChI is InChI=1S/C17H26N2O4S/c1-23-14-6-11-18-17(20)15-7-9-16(10-8-15)24(21,22)19-12-4-2-3-5-13-19/h7-10H,2-6,11-14H2,1H3,(H,18,20). The van der Waals surface area contributed by atoms with Crippen LogP contribution in [0.15, 0.2) is 29.2 Å². The van der Waals surface area contributed by atoms with Gasteiger partial charge in [0.15, 0.2) is 0 Å². The fourth-order valence-corrected chi connectivity index (χ4v) is 4.25. The van der Waals surface area contributed by atoms with Crippen molar-refractivity contribution in [2.75, 3.05) is 33.4 Å². The van der Waals surface area contributed by atoms with Gasteiger partial charge in [0.1, 0.15) is 0 Å². The minimum absolute atomic E-state index is 0.204. The number of rotatable bonds is 7. The van der Waals surface area contributed by atoms with Crippen LogP contribution in [-0.2, 0) is 14.8 Å². The molecule has 1 heterocycles. The molecule has 1 saturated heterocycles. The fraction of sp³-hybridized carbons (Fsp3) is 0.588. The number of sulfonamides is 1. The van der Waals surface area contributed by atoms with E-state index in [0.29, 0.717) is 31.8 Å². The summed E-state index contributed by atoms with van der Waals surface area (Å²) in [4.78, 5) is 12.3. The highest BCUT2D eigenvalue weighted by Gasteiger charge is 2.25. The zero-order chi connectivity index (χ0) is 17.4. The first-order valence-corrected chi connectivity index (χ1v) is 9.87. The van der Waals surface area contributed by atoms with Crippen LogP contribution in [0.5, 0.6) is 0 Å². The maximum atomic E-state index is 12.7. The molecule has 1 amide bonds. The van der Waals surface area contributed by atoms with E-state index in [0.717, 1.165) is 32.1 Å². The van der Waals surface area contributed by atoms with Crippen molar-refractivity contribution in [1.29, 1.82) is 0 Å². The van der Waals surface area contributed by atoms with Gasteiger partial charge < -0.3 is 10.1 Å². The van der Waals surface area contributed by atoms with Crippen molar-refractivity contribution >= 4 is 15.9 Å². The number of hydrogen-bond donors (Lipinski definition) is 1. The summed E-state index contributed by atoms with van der Waals surface area (Å²) in [6, 6.07) is 6.17. The Hall–Kier alpha value is -1.44. The van der Waals surface area contributed by atoms with Gasteiger partial charge >= 0.3 is 0 Å². The zero-order valence-corrected chi connectivity index (χ0v) is 15.0. The van der Waals surface area contributed by atoms with Crippen molar-refractivity contribution < 1.29 is 17.9 Å². The van der Waals surface area contributed by atoms with Crippen LogP contribution in [0.4, 0.5) is 0 Å². The van der Waals surface area contributed by atoms with Gasteiger partial charge in [-0.05, 0) is 43.5 Å². The molecule has 1 aromatic carbocycles. The Kier molecular flexibility index (Phi) is 7.20. The molecule has 24 heavy (non-hydrogen) atoms. The van der Waals surface area contributed by atoms with Crippen LogP contribution in [-0.4, -0.2) is 52.0 Å². The van der Waals surface area contributed by atoms with E-state index in [4.69, 9.17) is 4.74 Å². The number of benzene rings is 1. The second kappa shape index (κ2) is 9.15. The molecule has 0 bridgehead atoms. The lowest BCUT2D eigenvalue weighted by Gasteiger charge is -2.20. The average molecular weight is 354 g/mol. The Morgan fingerprint density at radius 1 is 1.12 bits per heavy atom. The number of amides is 1. The highest BCUT2D eigenvalue weighted by molar-refractivity contribution is 7.89. The van der Waals surface area contributed by atoms with Gasteiger partial charge in [0.2, 0.25) is 10.0 Å². The second-order valence-electron chi connectivity index (χ2n) is 5.94. The number of nitrogens with zero attached hydrogens (tertiary/aromatic N) is 1. The molecule has 0 spiro atoms. The molecular formula is C17H26N2O4S. The first-order valence-electron chi connectivity index (χ1n) is 8.43. The molecular weight excluding hydrogens is 328 g/mol. The highest BCUT2D eigenvalue weighted by atomic mass is 32.2. The van der Waals surface area contributed by atoms with Gasteiger partial charge in [0, 0.05) is 38.9 Å². The molecule has 0 aliphatic carbocycles. The summed E-state index contributed by atoms with van der Waals surface area (Å²) in [5.74, 6) is -0.204.